The van der Waals surface area contributed by atoms with Crippen LogP contribution in [0.1, 0.15) is 34.9 Å². The summed E-state index contributed by atoms with van der Waals surface area (Å²) in [6.45, 7) is 1.98. The first-order chi connectivity index (χ1) is 19.0. The molecule has 0 N–H and O–H groups in total. The van der Waals surface area contributed by atoms with Crippen molar-refractivity contribution in [3.8, 4) is 17.5 Å². The molecule has 1 saturated heterocycles. The van der Waals surface area contributed by atoms with Crippen molar-refractivity contribution < 1.29 is 23.7 Å². The average molecular weight is 527 g/mol. The zero-order valence-electron chi connectivity index (χ0n) is 22.1. The first kappa shape index (κ1) is 25.2. The highest BCUT2D eigenvalue weighted by molar-refractivity contribution is 5.49. The lowest BCUT2D eigenvalue weighted by Crippen LogP contribution is -2.39. The van der Waals surface area contributed by atoms with Crippen LogP contribution >= 0.6 is 0 Å². The van der Waals surface area contributed by atoms with Gasteiger partial charge < -0.3 is 23.7 Å². The minimum Gasteiger partial charge on any atom is -0.497 e. The van der Waals surface area contributed by atoms with E-state index in [0.29, 0.717) is 12.0 Å². The molecule has 0 spiro atoms. The van der Waals surface area contributed by atoms with E-state index in [0.717, 1.165) is 28.2 Å². The molecule has 39 heavy (non-hydrogen) atoms. The number of benzene rings is 3. The van der Waals surface area contributed by atoms with Gasteiger partial charge in [-0.1, -0.05) is 54.6 Å². The molecule has 0 aliphatic carbocycles. The Bertz CT molecular complexity index is 1450. The van der Waals surface area contributed by atoms with Gasteiger partial charge in [0.1, 0.15) is 35.5 Å². The fourth-order valence-corrected chi connectivity index (χ4v) is 5.41. The molecule has 8 nitrogen and oxygen atoms in total. The van der Waals surface area contributed by atoms with E-state index in [-0.39, 0.29) is 36.6 Å². The van der Waals surface area contributed by atoms with E-state index in [1.165, 1.54) is 0 Å². The van der Waals surface area contributed by atoms with Crippen LogP contribution in [0.5, 0.6) is 17.5 Å². The van der Waals surface area contributed by atoms with Crippen LogP contribution in [-0.2, 0) is 15.1 Å². The molecule has 2 aliphatic rings. The van der Waals surface area contributed by atoms with Gasteiger partial charge in [0, 0.05) is 18.2 Å². The molecule has 0 radical (unpaired) electrons. The average Bonchev–Trinajstić information content (AvgIpc) is 3.32. The fourth-order valence-electron chi connectivity index (χ4n) is 5.41. The van der Waals surface area contributed by atoms with Gasteiger partial charge in [-0.3, -0.25) is 9.36 Å². The molecule has 1 fully saturated rings. The van der Waals surface area contributed by atoms with Gasteiger partial charge in [0.2, 0.25) is 0 Å². The highest BCUT2D eigenvalue weighted by Crippen LogP contribution is 2.44. The summed E-state index contributed by atoms with van der Waals surface area (Å²) in [6, 6.07) is 26.2. The maximum absolute atomic E-state index is 12.1. The number of aryl methyl sites for hydroxylation is 1. The second-order valence-electron chi connectivity index (χ2n) is 9.76. The molecule has 2 aliphatic heterocycles. The molecular formula is C31H30N2O6. The predicted octanol–water partition coefficient (Wildman–Crippen LogP) is 4.63. The second-order valence-corrected chi connectivity index (χ2v) is 9.76. The Labute approximate surface area is 226 Å². The molecule has 3 atom stereocenters. The molecule has 2 bridgehead atoms. The summed E-state index contributed by atoms with van der Waals surface area (Å²) in [5.41, 5.74) is 2.13. The number of aromatic nitrogens is 2. The van der Waals surface area contributed by atoms with Crippen LogP contribution in [0.4, 0.5) is 0 Å². The van der Waals surface area contributed by atoms with Crippen LogP contribution in [0.15, 0.2) is 89.9 Å². The second kappa shape index (κ2) is 10.2. The number of nitrogens with zero attached hydrogens (tertiary/aromatic N) is 2. The van der Waals surface area contributed by atoms with E-state index in [9.17, 15) is 4.79 Å². The van der Waals surface area contributed by atoms with Crippen LogP contribution in [0.25, 0.3) is 0 Å². The summed E-state index contributed by atoms with van der Waals surface area (Å²) in [6.07, 6.45) is 1.47. The largest absolute Gasteiger partial charge is 0.497 e. The highest BCUT2D eigenvalue weighted by atomic mass is 16.6. The summed E-state index contributed by atoms with van der Waals surface area (Å²) >= 11 is 0. The molecule has 3 heterocycles. The quantitative estimate of drug-likeness (QED) is 0.310. The van der Waals surface area contributed by atoms with E-state index < -0.39 is 5.60 Å². The zero-order chi connectivity index (χ0) is 27.0. The Morgan fingerprint density at radius 3 is 2.08 bits per heavy atom. The smallest absolute Gasteiger partial charge is 0.302 e. The topological polar surface area (TPSA) is 81.0 Å². The van der Waals surface area contributed by atoms with Gasteiger partial charge in [0.25, 0.3) is 5.56 Å². The number of ether oxygens (including phenoxy) is 5. The zero-order valence-corrected chi connectivity index (χ0v) is 22.1. The Balaban J connectivity index is 1.40. The Morgan fingerprint density at radius 1 is 0.897 bits per heavy atom. The molecule has 1 aromatic heterocycles. The van der Waals surface area contributed by atoms with E-state index in [4.69, 9.17) is 23.7 Å². The lowest BCUT2D eigenvalue weighted by atomic mass is 9.80. The number of methoxy groups -OCH3 is 2. The third-order valence-corrected chi connectivity index (χ3v) is 7.47. The van der Waals surface area contributed by atoms with Crippen molar-refractivity contribution in [2.75, 3.05) is 20.8 Å². The van der Waals surface area contributed by atoms with Crippen molar-refractivity contribution in [3.63, 3.8) is 0 Å². The third kappa shape index (κ3) is 4.45. The minimum atomic E-state index is -0.961. The third-order valence-electron chi connectivity index (χ3n) is 7.47. The van der Waals surface area contributed by atoms with Crippen molar-refractivity contribution in [2.24, 2.45) is 0 Å². The van der Waals surface area contributed by atoms with Crippen molar-refractivity contribution in [3.05, 3.63) is 118 Å². The SMILES string of the molecule is COc1ccc(C(OC[C@H]2O[C@H]3C[C@@H]2Oc2nc(=O)c(C)cn23)(c2ccccc2)c2ccc(OC)cc2)cc1. The predicted molar refractivity (Wildman–Crippen MR) is 144 cm³/mol. The molecule has 0 amide bonds. The maximum Gasteiger partial charge on any atom is 0.302 e. The molecular weight excluding hydrogens is 496 g/mol. The van der Waals surface area contributed by atoms with Gasteiger partial charge in [0.05, 0.1) is 20.8 Å². The number of rotatable bonds is 8. The summed E-state index contributed by atoms with van der Waals surface area (Å²) in [7, 11) is 3.30. The maximum atomic E-state index is 12.1. The van der Waals surface area contributed by atoms with Crippen LogP contribution in [0.3, 0.4) is 0 Å². The van der Waals surface area contributed by atoms with E-state index in [1.807, 2.05) is 66.7 Å². The van der Waals surface area contributed by atoms with Gasteiger partial charge in [-0.05, 0) is 47.9 Å². The Morgan fingerprint density at radius 2 is 1.49 bits per heavy atom. The van der Waals surface area contributed by atoms with Crippen LogP contribution in [0, 0.1) is 6.92 Å². The molecule has 200 valence electrons. The molecule has 3 aromatic carbocycles. The highest BCUT2D eigenvalue weighted by Gasteiger charge is 2.46. The molecule has 8 heteroatoms. The summed E-state index contributed by atoms with van der Waals surface area (Å²) < 4.78 is 32.2. The van der Waals surface area contributed by atoms with Gasteiger partial charge in [-0.2, -0.15) is 4.98 Å². The number of hydrogen-bond acceptors (Lipinski definition) is 7. The number of hydrogen-bond donors (Lipinski definition) is 0. The van der Waals surface area contributed by atoms with Crippen LogP contribution < -0.4 is 19.8 Å². The Hall–Kier alpha value is -4.14. The van der Waals surface area contributed by atoms with Crippen molar-refractivity contribution in [2.45, 2.75) is 37.4 Å². The lowest BCUT2D eigenvalue weighted by molar-refractivity contribution is -0.0816. The van der Waals surface area contributed by atoms with Gasteiger partial charge >= 0.3 is 6.01 Å². The summed E-state index contributed by atoms with van der Waals surface area (Å²) in [5.74, 6) is 1.51. The van der Waals surface area contributed by atoms with Gasteiger partial charge in [0.15, 0.2) is 0 Å². The van der Waals surface area contributed by atoms with Crippen molar-refractivity contribution >= 4 is 0 Å². The molecule has 6 rings (SSSR count). The normalized spacial score (nSPS) is 19.7. The van der Waals surface area contributed by atoms with E-state index in [1.54, 1.807) is 31.9 Å². The van der Waals surface area contributed by atoms with Crippen LogP contribution in [0.2, 0.25) is 0 Å². The van der Waals surface area contributed by atoms with Crippen molar-refractivity contribution in [1.29, 1.82) is 0 Å². The van der Waals surface area contributed by atoms with Crippen molar-refractivity contribution in [1.82, 2.24) is 9.55 Å². The first-order valence-corrected chi connectivity index (χ1v) is 12.9. The standard InChI is InChI=1S/C31H30N2O6/c1-20-18-33-28-17-26(39-30(33)32-29(20)34)27(38-28)19-37-31(21-7-5-4-6-8-21,22-9-13-24(35-2)14-10-22)23-11-15-25(36-3)16-12-23/h4-16,18,26-28H,17,19H2,1-3H3/t26-,27+,28-/m0/s1. The van der Waals surface area contributed by atoms with E-state index >= 15 is 0 Å². The fraction of sp³-hybridized carbons (Fsp3) is 0.290. The number of fused-ring (bicyclic) bond motifs is 4. The monoisotopic (exact) mass is 526 g/mol. The minimum absolute atomic E-state index is 0.242. The van der Waals surface area contributed by atoms with Gasteiger partial charge in [-0.25, -0.2) is 0 Å². The van der Waals surface area contributed by atoms with E-state index in [2.05, 4.69) is 17.1 Å². The molecule has 0 unspecified atom stereocenters. The molecule has 4 aromatic rings. The summed E-state index contributed by atoms with van der Waals surface area (Å²) in [5, 5.41) is 0. The summed E-state index contributed by atoms with van der Waals surface area (Å²) in [4.78, 5) is 16.3. The van der Waals surface area contributed by atoms with Crippen LogP contribution in [-0.4, -0.2) is 42.6 Å². The molecule has 0 saturated carbocycles. The Kier molecular flexibility index (Phi) is 6.58. The first-order valence-electron chi connectivity index (χ1n) is 12.9. The van der Waals surface area contributed by atoms with Gasteiger partial charge in [-0.15, -0.1) is 0 Å². The lowest BCUT2D eigenvalue weighted by Gasteiger charge is -2.37.